The molecule has 2 aliphatic rings. The minimum absolute atomic E-state index is 0.181. The van der Waals surface area contributed by atoms with E-state index in [0.717, 1.165) is 38.9 Å². The van der Waals surface area contributed by atoms with Gasteiger partial charge < -0.3 is 10.2 Å². The smallest absolute Gasteiger partial charge is 0.230 e. The summed E-state index contributed by atoms with van der Waals surface area (Å²) in [6.45, 7) is 4.84. The highest BCUT2D eigenvalue weighted by Crippen LogP contribution is 2.38. The number of rotatable bonds is 2. The van der Waals surface area contributed by atoms with E-state index in [2.05, 4.69) is 34.7 Å². The van der Waals surface area contributed by atoms with Gasteiger partial charge in [-0.1, -0.05) is 6.07 Å². The second-order valence-corrected chi connectivity index (χ2v) is 6.64. The van der Waals surface area contributed by atoms with Crippen molar-refractivity contribution in [2.24, 2.45) is 5.41 Å². The number of carbonyl (C=O) groups excluding carboxylic acids is 1. The van der Waals surface area contributed by atoms with Crippen molar-refractivity contribution in [1.29, 1.82) is 0 Å². The molecule has 3 nitrogen and oxygen atoms in total. The lowest BCUT2D eigenvalue weighted by Crippen LogP contribution is -2.43. The van der Waals surface area contributed by atoms with Crippen LogP contribution in [0.25, 0.3) is 0 Å². The largest absolute Gasteiger partial charge is 0.334 e. The molecule has 0 radical (unpaired) electrons. The first kappa shape index (κ1) is 12.2. The number of thiophene rings is 1. The number of nitrogens with zero attached hydrogens (tertiary/aromatic N) is 1. The first-order valence-electron chi connectivity index (χ1n) is 6.76. The van der Waals surface area contributed by atoms with Gasteiger partial charge in [0.1, 0.15) is 0 Å². The summed E-state index contributed by atoms with van der Waals surface area (Å²) in [5.74, 6) is 0.350. The minimum atomic E-state index is -0.181. The van der Waals surface area contributed by atoms with Crippen molar-refractivity contribution >= 4 is 17.2 Å². The Morgan fingerprint density at radius 3 is 3.17 bits per heavy atom. The molecule has 1 aromatic rings. The monoisotopic (exact) mass is 264 g/mol. The maximum absolute atomic E-state index is 12.8. The van der Waals surface area contributed by atoms with E-state index in [4.69, 9.17) is 0 Å². The van der Waals surface area contributed by atoms with E-state index < -0.39 is 0 Å². The summed E-state index contributed by atoms with van der Waals surface area (Å²) >= 11 is 1.77. The fraction of sp³-hybridized carbons (Fsp3) is 0.643. The number of carbonyl (C=O) groups is 1. The standard InChI is InChI=1S/C14H20N2OS/c1-14(6-7-15-10-14)13(17)16-8-2-4-11(16)12-5-3-9-18-12/h3,5,9,11,15H,2,4,6-8,10H2,1H3. The zero-order valence-electron chi connectivity index (χ0n) is 10.8. The first-order chi connectivity index (χ1) is 8.71. The fourth-order valence-corrected chi connectivity index (χ4v) is 4.01. The SMILES string of the molecule is CC1(C(=O)N2CCCC2c2cccs2)CCNC1. The van der Waals surface area contributed by atoms with Gasteiger partial charge in [-0.2, -0.15) is 0 Å². The summed E-state index contributed by atoms with van der Waals surface area (Å²) in [7, 11) is 0. The highest BCUT2D eigenvalue weighted by molar-refractivity contribution is 7.10. The summed E-state index contributed by atoms with van der Waals surface area (Å²) < 4.78 is 0. The van der Waals surface area contributed by atoms with Crippen LogP contribution in [0.4, 0.5) is 0 Å². The molecule has 98 valence electrons. The Hall–Kier alpha value is -0.870. The second-order valence-electron chi connectivity index (χ2n) is 5.66. The van der Waals surface area contributed by atoms with Crippen molar-refractivity contribution in [3.63, 3.8) is 0 Å². The van der Waals surface area contributed by atoms with E-state index in [1.165, 1.54) is 4.88 Å². The van der Waals surface area contributed by atoms with Gasteiger partial charge in [0.25, 0.3) is 0 Å². The van der Waals surface area contributed by atoms with Crippen molar-refractivity contribution in [1.82, 2.24) is 10.2 Å². The summed E-state index contributed by atoms with van der Waals surface area (Å²) in [6.07, 6.45) is 3.23. The maximum Gasteiger partial charge on any atom is 0.230 e. The molecule has 0 aliphatic carbocycles. The lowest BCUT2D eigenvalue weighted by Gasteiger charge is -2.32. The molecule has 18 heavy (non-hydrogen) atoms. The quantitative estimate of drug-likeness (QED) is 0.889. The molecule has 1 N–H and O–H groups in total. The Morgan fingerprint density at radius 1 is 1.61 bits per heavy atom. The van der Waals surface area contributed by atoms with Gasteiger partial charge in [-0.25, -0.2) is 0 Å². The van der Waals surface area contributed by atoms with Crippen molar-refractivity contribution in [2.45, 2.75) is 32.2 Å². The zero-order valence-corrected chi connectivity index (χ0v) is 11.6. The van der Waals surface area contributed by atoms with Crippen LogP contribution >= 0.6 is 11.3 Å². The van der Waals surface area contributed by atoms with E-state index in [0.29, 0.717) is 11.9 Å². The Bertz CT molecular complexity index is 423. The van der Waals surface area contributed by atoms with Gasteiger partial charge >= 0.3 is 0 Å². The van der Waals surface area contributed by atoms with Crippen LogP contribution in [0.15, 0.2) is 17.5 Å². The number of hydrogen-bond acceptors (Lipinski definition) is 3. The van der Waals surface area contributed by atoms with Gasteiger partial charge in [-0.15, -0.1) is 11.3 Å². The fourth-order valence-electron chi connectivity index (χ4n) is 3.13. The number of amides is 1. The minimum Gasteiger partial charge on any atom is -0.334 e. The van der Waals surface area contributed by atoms with Gasteiger partial charge in [0.15, 0.2) is 0 Å². The van der Waals surface area contributed by atoms with Crippen LogP contribution < -0.4 is 5.32 Å². The molecule has 2 unspecified atom stereocenters. The van der Waals surface area contributed by atoms with Crippen LogP contribution in [0.1, 0.15) is 37.1 Å². The van der Waals surface area contributed by atoms with E-state index >= 15 is 0 Å². The molecule has 1 aromatic heterocycles. The Morgan fingerprint density at radius 2 is 2.50 bits per heavy atom. The van der Waals surface area contributed by atoms with Gasteiger partial charge in [0.05, 0.1) is 11.5 Å². The molecule has 0 bridgehead atoms. The molecule has 0 saturated carbocycles. The average Bonchev–Trinajstić information content (AvgIpc) is 3.09. The summed E-state index contributed by atoms with van der Waals surface area (Å²) in [4.78, 5) is 16.2. The van der Waals surface area contributed by atoms with Crippen molar-refractivity contribution in [2.75, 3.05) is 19.6 Å². The number of likely N-dealkylation sites (tertiary alicyclic amines) is 1. The highest BCUT2D eigenvalue weighted by atomic mass is 32.1. The van der Waals surface area contributed by atoms with Crippen LogP contribution in [0.5, 0.6) is 0 Å². The van der Waals surface area contributed by atoms with Crippen LogP contribution in [0, 0.1) is 5.41 Å². The Balaban J connectivity index is 1.80. The molecule has 1 amide bonds. The van der Waals surface area contributed by atoms with Gasteiger partial charge in [0.2, 0.25) is 5.91 Å². The van der Waals surface area contributed by atoms with Gasteiger partial charge in [-0.05, 0) is 44.2 Å². The molecule has 2 atom stereocenters. The molecule has 2 saturated heterocycles. The van der Waals surface area contributed by atoms with Crippen LogP contribution in [0.3, 0.4) is 0 Å². The van der Waals surface area contributed by atoms with Crippen molar-refractivity contribution in [3.05, 3.63) is 22.4 Å². The van der Waals surface area contributed by atoms with Crippen LogP contribution in [-0.2, 0) is 4.79 Å². The summed E-state index contributed by atoms with van der Waals surface area (Å²) in [5, 5.41) is 5.43. The first-order valence-corrected chi connectivity index (χ1v) is 7.64. The lowest BCUT2D eigenvalue weighted by atomic mass is 9.88. The normalized spacial score (nSPS) is 32.1. The Kier molecular flexibility index (Phi) is 3.16. The molecule has 0 spiro atoms. The molecule has 3 rings (SSSR count). The third-order valence-electron chi connectivity index (χ3n) is 4.27. The van der Waals surface area contributed by atoms with E-state index in [1.807, 2.05) is 0 Å². The maximum atomic E-state index is 12.8. The molecule has 2 aliphatic heterocycles. The van der Waals surface area contributed by atoms with Gasteiger partial charge in [0, 0.05) is 18.0 Å². The van der Waals surface area contributed by atoms with E-state index in [-0.39, 0.29) is 5.41 Å². The Labute approximate surface area is 112 Å². The van der Waals surface area contributed by atoms with Crippen molar-refractivity contribution in [3.8, 4) is 0 Å². The third-order valence-corrected chi connectivity index (χ3v) is 5.24. The second kappa shape index (κ2) is 4.67. The molecule has 0 aromatic carbocycles. The molecular weight excluding hydrogens is 244 g/mol. The van der Waals surface area contributed by atoms with Crippen LogP contribution in [-0.4, -0.2) is 30.4 Å². The molecule has 3 heterocycles. The van der Waals surface area contributed by atoms with Crippen LogP contribution in [0.2, 0.25) is 0 Å². The zero-order chi connectivity index (χ0) is 12.6. The topological polar surface area (TPSA) is 32.3 Å². The molecular formula is C14H20N2OS. The van der Waals surface area contributed by atoms with E-state index in [9.17, 15) is 4.79 Å². The summed E-state index contributed by atoms with van der Waals surface area (Å²) in [6, 6.07) is 4.57. The van der Waals surface area contributed by atoms with Crippen molar-refractivity contribution < 1.29 is 4.79 Å². The highest BCUT2D eigenvalue weighted by Gasteiger charge is 2.43. The number of hydrogen-bond donors (Lipinski definition) is 1. The third kappa shape index (κ3) is 1.97. The average molecular weight is 264 g/mol. The molecule has 2 fully saturated rings. The summed E-state index contributed by atoms with van der Waals surface area (Å²) in [5.41, 5.74) is -0.181. The lowest BCUT2D eigenvalue weighted by molar-refractivity contribution is -0.141. The number of nitrogens with one attached hydrogen (secondary N) is 1. The van der Waals surface area contributed by atoms with E-state index in [1.54, 1.807) is 11.3 Å². The van der Waals surface area contributed by atoms with Gasteiger partial charge in [-0.3, -0.25) is 4.79 Å². The predicted octanol–water partition coefficient (Wildman–Crippen LogP) is 2.41. The molecule has 4 heteroatoms. The predicted molar refractivity (Wildman–Crippen MR) is 73.6 cm³/mol.